The number of hydrogen-bond acceptors (Lipinski definition) is 5. The van der Waals surface area contributed by atoms with Crippen molar-refractivity contribution in [2.75, 3.05) is 19.3 Å². The zero-order chi connectivity index (χ0) is 24.7. The second-order valence-electron chi connectivity index (χ2n) is 8.63. The molecule has 34 heavy (non-hydrogen) atoms. The van der Waals surface area contributed by atoms with Crippen LogP contribution in [0, 0.1) is 11.8 Å². The summed E-state index contributed by atoms with van der Waals surface area (Å²) in [4.78, 5) is 21.9. The zero-order valence-corrected chi connectivity index (χ0v) is 21.4. The zero-order valence-electron chi connectivity index (χ0n) is 20.5. The van der Waals surface area contributed by atoms with Gasteiger partial charge >= 0.3 is 7.52 Å². The number of unbranched alkanes of at least 4 members (excludes halogenated alkanes) is 5. The first kappa shape index (κ1) is 28.0. The van der Waals surface area contributed by atoms with E-state index in [1.54, 1.807) is 0 Å². The molecule has 0 saturated carbocycles. The van der Waals surface area contributed by atoms with Crippen molar-refractivity contribution < 1.29 is 18.9 Å². The number of nitroso groups, excluding NO2 is 1. The highest BCUT2D eigenvalue weighted by Gasteiger charge is 2.17. The van der Waals surface area contributed by atoms with Crippen molar-refractivity contribution in [3.63, 3.8) is 0 Å². The van der Waals surface area contributed by atoms with Gasteiger partial charge in [-0.15, -0.1) is 4.91 Å². The molecule has 0 amide bonds. The van der Waals surface area contributed by atoms with E-state index < -0.39 is 7.52 Å². The summed E-state index contributed by atoms with van der Waals surface area (Å²) in [6.45, 7) is 6.45. The summed E-state index contributed by atoms with van der Waals surface area (Å²) in [5.74, 6) is 1.50. The lowest BCUT2D eigenvalue weighted by Crippen LogP contribution is -2.16. The maximum absolute atomic E-state index is 11.3. The Kier molecular flexibility index (Phi) is 12.9. The molecule has 0 fully saturated rings. The van der Waals surface area contributed by atoms with Crippen molar-refractivity contribution in [1.82, 2.24) is 5.32 Å². The summed E-state index contributed by atoms with van der Waals surface area (Å²) in [5, 5.41) is 3.25. The number of nitrogens with one attached hydrogen (secondary N) is 1. The van der Waals surface area contributed by atoms with Crippen LogP contribution >= 0.6 is 7.52 Å². The lowest BCUT2D eigenvalue weighted by Gasteiger charge is -2.17. The summed E-state index contributed by atoms with van der Waals surface area (Å²) in [6.07, 6.45) is 7.54. The van der Waals surface area contributed by atoms with Crippen LogP contribution in [0.2, 0.25) is 0 Å². The topological polar surface area (TPSA) is 97.2 Å². The van der Waals surface area contributed by atoms with E-state index in [1.807, 2.05) is 43.3 Å². The van der Waals surface area contributed by atoms with Gasteiger partial charge in [0.05, 0.1) is 6.61 Å². The minimum Gasteiger partial charge on any atom is -0.489 e. The third-order valence-corrected chi connectivity index (χ3v) is 6.70. The lowest BCUT2D eigenvalue weighted by atomic mass is 10.1. The normalized spacial score (nSPS) is 12.8. The summed E-state index contributed by atoms with van der Waals surface area (Å²) < 4.78 is 23.7. The van der Waals surface area contributed by atoms with Gasteiger partial charge in [-0.2, -0.15) is 0 Å². The summed E-state index contributed by atoms with van der Waals surface area (Å²) >= 11 is 0. The van der Waals surface area contributed by atoms with Crippen LogP contribution in [0.1, 0.15) is 68.6 Å². The van der Waals surface area contributed by atoms with Crippen LogP contribution in [-0.2, 0) is 17.7 Å². The minimum atomic E-state index is -3.88. The fourth-order valence-electron chi connectivity index (χ4n) is 3.68. The fraction of sp³-hybridized carbons (Fsp3) is 0.538. The standard InChI is InChI=1S/C26H39N2O5P/c1-3-4-5-6-7-11-16-32-26-22(2)18-24(20-27-15-12-17-34(30,31)28-29)19-25(26)33-21-23-13-9-8-10-14-23/h8-10,13-14,18-19,27H,3-7,11-12,15-17,20-21H2,1-2H3,(H,30,31). The molecule has 7 nitrogen and oxygen atoms in total. The molecule has 8 heteroatoms. The van der Waals surface area contributed by atoms with E-state index in [-0.39, 0.29) is 6.16 Å². The van der Waals surface area contributed by atoms with Crippen molar-refractivity contribution in [1.29, 1.82) is 0 Å². The lowest BCUT2D eigenvalue weighted by molar-refractivity contribution is 0.255. The first-order valence-electron chi connectivity index (χ1n) is 12.3. The highest BCUT2D eigenvalue weighted by atomic mass is 31.2. The third kappa shape index (κ3) is 10.8. The van der Waals surface area contributed by atoms with Gasteiger partial charge in [0, 0.05) is 17.7 Å². The molecule has 0 radical (unpaired) electrons. The van der Waals surface area contributed by atoms with Crippen molar-refractivity contribution >= 4 is 7.52 Å². The Morgan fingerprint density at radius 1 is 0.971 bits per heavy atom. The predicted octanol–water partition coefficient (Wildman–Crippen LogP) is 6.74. The molecule has 0 saturated heterocycles. The summed E-state index contributed by atoms with van der Waals surface area (Å²) in [5.41, 5.74) is 3.13. The molecule has 0 aromatic heterocycles. The van der Waals surface area contributed by atoms with Gasteiger partial charge in [0.25, 0.3) is 0 Å². The molecule has 0 spiro atoms. The Bertz CT molecular complexity index is 908. The molecule has 0 bridgehead atoms. The Morgan fingerprint density at radius 2 is 1.71 bits per heavy atom. The molecule has 2 aromatic rings. The van der Waals surface area contributed by atoms with E-state index in [4.69, 9.17) is 9.47 Å². The van der Waals surface area contributed by atoms with Gasteiger partial charge in [0.1, 0.15) is 6.61 Å². The second-order valence-corrected chi connectivity index (χ2v) is 10.6. The van der Waals surface area contributed by atoms with E-state index in [9.17, 15) is 14.4 Å². The molecule has 188 valence electrons. The van der Waals surface area contributed by atoms with Crippen LogP contribution in [0.25, 0.3) is 0 Å². The van der Waals surface area contributed by atoms with Crippen LogP contribution in [0.5, 0.6) is 11.5 Å². The van der Waals surface area contributed by atoms with Crippen LogP contribution in [-0.4, -0.2) is 24.2 Å². The van der Waals surface area contributed by atoms with Gasteiger partial charge in [-0.05, 0) is 49.1 Å². The fourth-order valence-corrected chi connectivity index (χ4v) is 4.34. The van der Waals surface area contributed by atoms with Crippen molar-refractivity contribution in [2.24, 2.45) is 4.95 Å². The van der Waals surface area contributed by atoms with Crippen molar-refractivity contribution in [3.8, 4) is 11.5 Å². The minimum absolute atomic E-state index is 0.112. The van der Waals surface area contributed by atoms with Crippen molar-refractivity contribution in [3.05, 3.63) is 64.1 Å². The molecule has 0 heterocycles. The maximum Gasteiger partial charge on any atom is 0.350 e. The number of nitrogens with zero attached hydrogens (tertiary/aromatic N) is 1. The van der Waals surface area contributed by atoms with Gasteiger partial charge in [-0.1, -0.05) is 75.4 Å². The largest absolute Gasteiger partial charge is 0.489 e. The predicted molar refractivity (Wildman–Crippen MR) is 138 cm³/mol. The van der Waals surface area contributed by atoms with Crippen LogP contribution in [0.4, 0.5) is 0 Å². The molecule has 0 aliphatic rings. The highest BCUT2D eigenvalue weighted by molar-refractivity contribution is 7.56. The average Bonchev–Trinajstić information content (AvgIpc) is 2.83. The number of ether oxygens (including phenoxy) is 2. The summed E-state index contributed by atoms with van der Waals surface area (Å²) in [6, 6.07) is 14.1. The third-order valence-electron chi connectivity index (χ3n) is 5.54. The van der Waals surface area contributed by atoms with Gasteiger partial charge in [0.15, 0.2) is 11.5 Å². The van der Waals surface area contributed by atoms with Gasteiger partial charge in [-0.25, -0.2) is 0 Å². The van der Waals surface area contributed by atoms with Crippen LogP contribution < -0.4 is 14.8 Å². The van der Waals surface area contributed by atoms with Gasteiger partial charge in [-0.3, -0.25) is 4.57 Å². The Hall–Kier alpha value is -2.21. The number of rotatable bonds is 18. The smallest absolute Gasteiger partial charge is 0.350 e. The van der Waals surface area contributed by atoms with Crippen molar-refractivity contribution in [2.45, 2.75) is 71.9 Å². The average molecular weight is 491 g/mol. The molecular weight excluding hydrogens is 451 g/mol. The molecule has 2 rings (SSSR count). The number of hydrogen-bond donors (Lipinski definition) is 2. The molecule has 0 aliphatic heterocycles. The van der Waals surface area contributed by atoms with E-state index in [1.165, 1.54) is 32.1 Å². The molecule has 2 aromatic carbocycles. The first-order valence-corrected chi connectivity index (χ1v) is 14.1. The highest BCUT2D eigenvalue weighted by Crippen LogP contribution is 2.41. The molecule has 0 aliphatic carbocycles. The molecule has 1 atom stereocenters. The Morgan fingerprint density at radius 3 is 2.44 bits per heavy atom. The van der Waals surface area contributed by atoms with Gasteiger partial charge in [0.2, 0.25) is 0 Å². The number of benzene rings is 2. The second kappa shape index (κ2) is 15.6. The van der Waals surface area contributed by atoms with E-state index in [2.05, 4.69) is 23.3 Å². The number of aryl methyl sites for hydroxylation is 1. The monoisotopic (exact) mass is 490 g/mol. The Labute approximate surface area is 203 Å². The Balaban J connectivity index is 1.97. The molecule has 1 unspecified atom stereocenters. The van der Waals surface area contributed by atoms with Gasteiger partial charge < -0.3 is 19.7 Å². The molecule has 2 N–H and O–H groups in total. The van der Waals surface area contributed by atoms with E-state index in [0.29, 0.717) is 32.7 Å². The summed E-state index contributed by atoms with van der Waals surface area (Å²) in [7, 11) is -3.88. The van der Waals surface area contributed by atoms with E-state index in [0.717, 1.165) is 34.6 Å². The van der Waals surface area contributed by atoms with Crippen LogP contribution in [0.15, 0.2) is 47.4 Å². The quantitative estimate of drug-likeness (QED) is 0.136. The molecular formula is C26H39N2O5P. The first-order chi connectivity index (χ1) is 16.4. The van der Waals surface area contributed by atoms with Crippen LogP contribution in [0.3, 0.4) is 0 Å². The van der Waals surface area contributed by atoms with E-state index >= 15 is 0 Å². The SMILES string of the molecule is CCCCCCCCOc1c(C)cc(CNCCCP(=O)(O)N=O)cc1OCc1ccccc1. The maximum atomic E-state index is 11.3.